The Kier molecular flexibility index (Phi) is 3.27. The number of aromatic amines is 1. The van der Waals surface area contributed by atoms with Crippen LogP contribution >= 0.6 is 0 Å². The highest BCUT2D eigenvalue weighted by molar-refractivity contribution is 5.94. The Hall–Kier alpha value is -2.67. The minimum Gasteiger partial charge on any atom is -0.481 e. The van der Waals surface area contributed by atoms with Gasteiger partial charge in [0, 0.05) is 25.2 Å². The van der Waals surface area contributed by atoms with E-state index in [1.807, 2.05) is 36.1 Å². The third kappa shape index (κ3) is 2.19. The van der Waals surface area contributed by atoms with Crippen molar-refractivity contribution in [2.45, 2.75) is 19.9 Å². The molecule has 2 atom stereocenters. The molecule has 2 aromatic rings. The van der Waals surface area contributed by atoms with Crippen LogP contribution in [0.4, 0.5) is 0 Å². The maximum Gasteiger partial charge on any atom is 0.312 e. The number of benzene rings is 1. The highest BCUT2D eigenvalue weighted by Crippen LogP contribution is 2.68. The lowest BCUT2D eigenvalue weighted by Crippen LogP contribution is -2.28. The lowest BCUT2D eigenvalue weighted by Gasteiger charge is -2.19. The van der Waals surface area contributed by atoms with E-state index in [1.165, 1.54) is 0 Å². The van der Waals surface area contributed by atoms with Gasteiger partial charge in [-0.05, 0) is 18.9 Å². The fourth-order valence-electron chi connectivity index (χ4n) is 4.15. The largest absolute Gasteiger partial charge is 0.481 e. The van der Waals surface area contributed by atoms with Gasteiger partial charge in [0.05, 0.1) is 22.7 Å². The molecule has 2 fully saturated rings. The van der Waals surface area contributed by atoms with Crippen LogP contribution < -0.4 is 0 Å². The fourth-order valence-corrected chi connectivity index (χ4v) is 4.15. The van der Waals surface area contributed by atoms with Crippen LogP contribution in [0.25, 0.3) is 11.3 Å². The number of carbonyl (C=O) groups is 2. The molecule has 3 N–H and O–H groups in total. The van der Waals surface area contributed by atoms with E-state index >= 15 is 0 Å². The van der Waals surface area contributed by atoms with Crippen LogP contribution in [0.1, 0.15) is 17.5 Å². The molecule has 0 amide bonds. The summed E-state index contributed by atoms with van der Waals surface area (Å²) in [7, 11) is 0. The van der Waals surface area contributed by atoms with Crippen molar-refractivity contribution in [3.8, 4) is 11.3 Å². The number of hydrogen-bond acceptors (Lipinski definition) is 4. The highest BCUT2D eigenvalue weighted by atomic mass is 16.4. The van der Waals surface area contributed by atoms with Crippen LogP contribution in [0.2, 0.25) is 0 Å². The summed E-state index contributed by atoms with van der Waals surface area (Å²) < 4.78 is 0. The predicted octanol–water partition coefficient (Wildman–Crippen LogP) is 1.75. The molecular formula is C18H19N3O4. The van der Waals surface area contributed by atoms with Crippen LogP contribution in [0, 0.1) is 17.8 Å². The van der Waals surface area contributed by atoms with E-state index in [-0.39, 0.29) is 19.5 Å². The predicted molar refractivity (Wildman–Crippen MR) is 88.8 cm³/mol. The molecule has 2 heterocycles. The average Bonchev–Trinajstić information content (AvgIpc) is 2.88. The first kappa shape index (κ1) is 15.8. The summed E-state index contributed by atoms with van der Waals surface area (Å²) in [6.07, 6.45) is 1.94. The Bertz CT molecular complexity index is 831. The molecule has 0 spiro atoms. The molecule has 0 bridgehead atoms. The summed E-state index contributed by atoms with van der Waals surface area (Å²) in [4.78, 5) is 25.2. The number of aryl methyl sites for hydroxylation is 1. The molecule has 1 saturated heterocycles. The molecule has 25 heavy (non-hydrogen) atoms. The van der Waals surface area contributed by atoms with Gasteiger partial charge in [0.15, 0.2) is 0 Å². The van der Waals surface area contributed by atoms with E-state index in [1.54, 1.807) is 6.20 Å². The van der Waals surface area contributed by atoms with Crippen LogP contribution in [-0.2, 0) is 16.1 Å². The first-order valence-electron chi connectivity index (χ1n) is 8.16. The Morgan fingerprint density at radius 3 is 2.32 bits per heavy atom. The topological polar surface area (TPSA) is 107 Å². The Morgan fingerprint density at radius 1 is 1.16 bits per heavy atom. The van der Waals surface area contributed by atoms with Gasteiger partial charge in [0.25, 0.3) is 0 Å². The Balaban J connectivity index is 1.57. The molecule has 0 radical (unpaired) electrons. The SMILES string of the molecule is Cc1ccc(-c2[nH]ncc2CN2C[C@@]3(C(=O)O)C[C@@]3(C(=O)O)C2)cc1. The molecule has 4 rings (SSSR count). The van der Waals surface area contributed by atoms with Crippen molar-refractivity contribution in [1.29, 1.82) is 0 Å². The number of likely N-dealkylation sites (tertiary alicyclic amines) is 1. The highest BCUT2D eigenvalue weighted by Gasteiger charge is 2.80. The standard InChI is InChI=1S/C18H19N3O4/c1-11-2-4-12(5-3-11)14-13(6-19-20-14)7-21-9-17(15(22)23)8-18(17,10-21)16(24)25/h2-6H,7-10H2,1H3,(H,19,20)(H,22,23)(H,24,25)/t17-,18+. The molecule has 7 heteroatoms. The molecular weight excluding hydrogens is 322 g/mol. The quantitative estimate of drug-likeness (QED) is 0.765. The lowest BCUT2D eigenvalue weighted by atomic mass is 9.97. The third-order valence-corrected chi connectivity index (χ3v) is 5.65. The molecule has 1 saturated carbocycles. The summed E-state index contributed by atoms with van der Waals surface area (Å²) in [5, 5.41) is 26.2. The van der Waals surface area contributed by atoms with Crippen molar-refractivity contribution in [3.05, 3.63) is 41.6 Å². The molecule has 1 aliphatic carbocycles. The number of carboxylic acids is 2. The number of rotatable bonds is 5. The van der Waals surface area contributed by atoms with Gasteiger partial charge in [-0.1, -0.05) is 29.8 Å². The van der Waals surface area contributed by atoms with Gasteiger partial charge in [-0.2, -0.15) is 5.10 Å². The second-order valence-corrected chi connectivity index (χ2v) is 7.23. The molecule has 1 aromatic heterocycles. The summed E-state index contributed by atoms with van der Waals surface area (Å²) in [5.74, 6) is -2.02. The van der Waals surface area contributed by atoms with Crippen molar-refractivity contribution < 1.29 is 19.8 Å². The second-order valence-electron chi connectivity index (χ2n) is 7.23. The van der Waals surface area contributed by atoms with E-state index < -0.39 is 22.8 Å². The van der Waals surface area contributed by atoms with Gasteiger partial charge < -0.3 is 10.2 Å². The van der Waals surface area contributed by atoms with Crippen molar-refractivity contribution in [2.24, 2.45) is 10.8 Å². The summed E-state index contributed by atoms with van der Waals surface area (Å²) in [5.41, 5.74) is 1.69. The molecule has 130 valence electrons. The first-order chi connectivity index (χ1) is 11.9. The fraction of sp³-hybridized carbons (Fsp3) is 0.389. The van der Waals surface area contributed by atoms with Crippen molar-refractivity contribution in [3.63, 3.8) is 0 Å². The zero-order chi connectivity index (χ0) is 17.8. The van der Waals surface area contributed by atoms with Crippen LogP contribution in [0.15, 0.2) is 30.5 Å². The van der Waals surface area contributed by atoms with Gasteiger partial charge >= 0.3 is 11.9 Å². The minimum absolute atomic E-state index is 0.220. The smallest absolute Gasteiger partial charge is 0.312 e. The number of hydrogen-bond donors (Lipinski definition) is 3. The van der Waals surface area contributed by atoms with E-state index in [2.05, 4.69) is 10.2 Å². The monoisotopic (exact) mass is 341 g/mol. The van der Waals surface area contributed by atoms with Gasteiger partial charge in [-0.25, -0.2) is 0 Å². The zero-order valence-corrected chi connectivity index (χ0v) is 13.8. The van der Waals surface area contributed by atoms with Crippen LogP contribution in [-0.4, -0.2) is 50.3 Å². The number of carboxylic acid groups (broad SMARTS) is 2. The lowest BCUT2D eigenvalue weighted by molar-refractivity contribution is -0.151. The van der Waals surface area contributed by atoms with Crippen molar-refractivity contribution in [1.82, 2.24) is 15.1 Å². The van der Waals surface area contributed by atoms with E-state index in [0.717, 1.165) is 22.4 Å². The number of aromatic nitrogens is 2. The van der Waals surface area contributed by atoms with Gasteiger partial charge in [0.1, 0.15) is 0 Å². The van der Waals surface area contributed by atoms with E-state index in [0.29, 0.717) is 6.54 Å². The number of H-pyrrole nitrogens is 1. The minimum atomic E-state index is -1.15. The van der Waals surface area contributed by atoms with Gasteiger partial charge in [-0.15, -0.1) is 0 Å². The maximum absolute atomic E-state index is 11.6. The molecule has 7 nitrogen and oxygen atoms in total. The van der Waals surface area contributed by atoms with E-state index in [9.17, 15) is 19.8 Å². The average molecular weight is 341 g/mol. The molecule has 1 aliphatic heterocycles. The van der Waals surface area contributed by atoms with Crippen LogP contribution in [0.5, 0.6) is 0 Å². The normalized spacial score (nSPS) is 27.9. The summed E-state index contributed by atoms with van der Waals surface area (Å²) in [6, 6.07) is 8.05. The summed E-state index contributed by atoms with van der Waals surface area (Å²) in [6.45, 7) is 3.01. The molecule has 0 unspecified atom stereocenters. The zero-order valence-electron chi connectivity index (χ0n) is 13.8. The third-order valence-electron chi connectivity index (χ3n) is 5.65. The number of fused-ring (bicyclic) bond motifs is 1. The molecule has 1 aromatic carbocycles. The van der Waals surface area contributed by atoms with Gasteiger partial charge in [0.2, 0.25) is 0 Å². The Morgan fingerprint density at radius 2 is 1.76 bits per heavy atom. The van der Waals surface area contributed by atoms with Crippen molar-refractivity contribution in [2.75, 3.05) is 13.1 Å². The number of aliphatic carboxylic acids is 2. The number of nitrogens with zero attached hydrogens (tertiary/aromatic N) is 2. The van der Waals surface area contributed by atoms with Crippen molar-refractivity contribution >= 4 is 11.9 Å². The molecule has 2 aliphatic rings. The Labute approximate surface area is 144 Å². The van der Waals surface area contributed by atoms with Crippen LogP contribution in [0.3, 0.4) is 0 Å². The first-order valence-corrected chi connectivity index (χ1v) is 8.16. The maximum atomic E-state index is 11.6. The number of nitrogens with one attached hydrogen (secondary N) is 1. The summed E-state index contributed by atoms with van der Waals surface area (Å²) >= 11 is 0. The number of piperidine rings is 1. The second kappa shape index (κ2) is 5.16. The van der Waals surface area contributed by atoms with E-state index in [4.69, 9.17) is 0 Å². The van der Waals surface area contributed by atoms with Gasteiger partial charge in [-0.3, -0.25) is 19.6 Å².